The highest BCUT2D eigenvalue weighted by Crippen LogP contribution is 2.18. The minimum atomic E-state index is -0.788. The van der Waals surface area contributed by atoms with E-state index in [0.29, 0.717) is 32.7 Å². The molecule has 1 amide bonds. The summed E-state index contributed by atoms with van der Waals surface area (Å²) in [5, 5.41) is 8.71. The summed E-state index contributed by atoms with van der Waals surface area (Å²) in [4.78, 5) is 26.9. The molecule has 1 aromatic rings. The number of piperazine rings is 1. The molecule has 1 aromatic carbocycles. The molecular formula is C17H24N2O4. The van der Waals surface area contributed by atoms with Gasteiger partial charge in [-0.2, -0.15) is 0 Å². The van der Waals surface area contributed by atoms with Gasteiger partial charge in [-0.3, -0.25) is 14.5 Å². The number of carbonyl (C=O) groups excluding carboxylic acids is 1. The number of nitrogens with zero attached hydrogens (tertiary/aromatic N) is 2. The Morgan fingerprint density at radius 1 is 1.22 bits per heavy atom. The van der Waals surface area contributed by atoms with Crippen LogP contribution in [0.5, 0.6) is 5.75 Å². The number of carbonyl (C=O) groups is 2. The molecule has 23 heavy (non-hydrogen) atoms. The van der Waals surface area contributed by atoms with Crippen molar-refractivity contribution in [1.29, 1.82) is 0 Å². The first-order valence-electron chi connectivity index (χ1n) is 7.92. The molecule has 6 heteroatoms. The molecule has 126 valence electrons. The average Bonchev–Trinajstić information content (AvgIpc) is 2.54. The Kier molecular flexibility index (Phi) is 5.98. The van der Waals surface area contributed by atoms with E-state index in [2.05, 4.69) is 4.90 Å². The zero-order valence-electron chi connectivity index (χ0n) is 13.7. The van der Waals surface area contributed by atoms with Crippen molar-refractivity contribution in [2.45, 2.75) is 26.4 Å². The van der Waals surface area contributed by atoms with E-state index >= 15 is 0 Å². The number of hydrogen-bond acceptors (Lipinski definition) is 4. The molecule has 0 bridgehead atoms. The van der Waals surface area contributed by atoms with Crippen LogP contribution in [-0.2, 0) is 9.59 Å². The second-order valence-electron chi connectivity index (χ2n) is 5.84. The normalized spacial score (nSPS) is 16.9. The first-order chi connectivity index (χ1) is 11.0. The van der Waals surface area contributed by atoms with Crippen molar-refractivity contribution in [3.8, 4) is 5.75 Å². The average molecular weight is 320 g/mol. The second kappa shape index (κ2) is 7.97. The number of carboxylic acids is 1. The summed E-state index contributed by atoms with van der Waals surface area (Å²) >= 11 is 0. The smallest absolute Gasteiger partial charge is 0.304 e. The van der Waals surface area contributed by atoms with Gasteiger partial charge in [0.2, 0.25) is 0 Å². The van der Waals surface area contributed by atoms with Gasteiger partial charge >= 0.3 is 5.97 Å². The zero-order valence-corrected chi connectivity index (χ0v) is 13.7. The predicted molar refractivity (Wildman–Crippen MR) is 86.5 cm³/mol. The van der Waals surface area contributed by atoms with E-state index in [9.17, 15) is 9.59 Å². The van der Waals surface area contributed by atoms with Crippen LogP contribution >= 0.6 is 0 Å². The lowest BCUT2D eigenvalue weighted by molar-refractivity contribution is -0.141. The van der Waals surface area contributed by atoms with E-state index in [4.69, 9.17) is 9.84 Å². The van der Waals surface area contributed by atoms with E-state index in [1.165, 1.54) is 0 Å². The van der Waals surface area contributed by atoms with Crippen molar-refractivity contribution < 1.29 is 19.4 Å². The van der Waals surface area contributed by atoms with Crippen molar-refractivity contribution >= 4 is 11.9 Å². The Morgan fingerprint density at radius 3 is 2.48 bits per heavy atom. The molecule has 1 aliphatic rings. The van der Waals surface area contributed by atoms with Crippen molar-refractivity contribution in [2.24, 2.45) is 0 Å². The number of carboxylic acid groups (broad SMARTS) is 1. The maximum absolute atomic E-state index is 12.5. The van der Waals surface area contributed by atoms with Crippen LogP contribution in [0, 0.1) is 6.92 Å². The molecule has 1 aliphatic heterocycles. The number of hydrogen-bond donors (Lipinski definition) is 1. The van der Waals surface area contributed by atoms with Gasteiger partial charge in [0.25, 0.3) is 5.91 Å². The van der Waals surface area contributed by atoms with Gasteiger partial charge in [-0.05, 0) is 25.5 Å². The highest BCUT2D eigenvalue weighted by Gasteiger charge is 2.26. The van der Waals surface area contributed by atoms with Gasteiger partial charge in [-0.25, -0.2) is 0 Å². The monoisotopic (exact) mass is 320 g/mol. The molecule has 1 heterocycles. The van der Waals surface area contributed by atoms with Crippen molar-refractivity contribution in [1.82, 2.24) is 9.80 Å². The van der Waals surface area contributed by atoms with Gasteiger partial charge in [0, 0.05) is 32.7 Å². The molecule has 0 radical (unpaired) electrons. The standard InChI is InChI=1S/C17H24N2O4/c1-13-5-3-4-6-15(13)23-14(2)17(22)19-11-9-18(10-12-19)8-7-16(20)21/h3-6,14H,7-12H2,1-2H3,(H,20,21). The maximum Gasteiger partial charge on any atom is 0.304 e. The number of para-hydroxylation sites is 1. The molecule has 1 unspecified atom stereocenters. The fraction of sp³-hybridized carbons (Fsp3) is 0.529. The van der Waals surface area contributed by atoms with Crippen LogP contribution in [0.15, 0.2) is 24.3 Å². The lowest BCUT2D eigenvalue weighted by Gasteiger charge is -2.35. The van der Waals surface area contributed by atoms with Crippen molar-refractivity contribution in [3.63, 3.8) is 0 Å². The molecular weight excluding hydrogens is 296 g/mol. The van der Waals surface area contributed by atoms with Crippen molar-refractivity contribution in [2.75, 3.05) is 32.7 Å². The van der Waals surface area contributed by atoms with Crippen LogP contribution < -0.4 is 4.74 Å². The number of aliphatic carboxylic acids is 1. The summed E-state index contributed by atoms with van der Waals surface area (Å²) in [6.45, 7) is 6.89. The Bertz CT molecular complexity index is 553. The molecule has 6 nitrogen and oxygen atoms in total. The molecule has 0 aliphatic carbocycles. The number of ether oxygens (including phenoxy) is 1. The van der Waals surface area contributed by atoms with Gasteiger partial charge in [0.1, 0.15) is 5.75 Å². The van der Waals surface area contributed by atoms with E-state index in [-0.39, 0.29) is 12.3 Å². The molecule has 1 fully saturated rings. The van der Waals surface area contributed by atoms with E-state index < -0.39 is 12.1 Å². The maximum atomic E-state index is 12.5. The van der Waals surface area contributed by atoms with Crippen LogP contribution in [0.3, 0.4) is 0 Å². The fourth-order valence-electron chi connectivity index (χ4n) is 2.63. The van der Waals surface area contributed by atoms with Gasteiger partial charge in [0.05, 0.1) is 6.42 Å². The summed E-state index contributed by atoms with van der Waals surface area (Å²) in [5.41, 5.74) is 1.01. The lowest BCUT2D eigenvalue weighted by Crippen LogP contribution is -2.52. The fourth-order valence-corrected chi connectivity index (χ4v) is 2.63. The minimum Gasteiger partial charge on any atom is -0.481 e. The first kappa shape index (κ1) is 17.3. The molecule has 0 saturated carbocycles. The largest absolute Gasteiger partial charge is 0.481 e. The van der Waals surface area contributed by atoms with E-state index in [1.807, 2.05) is 31.2 Å². The SMILES string of the molecule is Cc1ccccc1OC(C)C(=O)N1CCN(CCC(=O)O)CC1. The highest BCUT2D eigenvalue weighted by molar-refractivity contribution is 5.81. The zero-order chi connectivity index (χ0) is 16.8. The van der Waals surface area contributed by atoms with Crippen LogP contribution in [0.4, 0.5) is 0 Å². The van der Waals surface area contributed by atoms with Crippen LogP contribution in [0.25, 0.3) is 0 Å². The molecule has 2 rings (SSSR count). The third-order valence-corrected chi connectivity index (χ3v) is 4.07. The molecule has 1 N–H and O–H groups in total. The van der Waals surface area contributed by atoms with Gasteiger partial charge in [-0.15, -0.1) is 0 Å². The van der Waals surface area contributed by atoms with Gasteiger partial charge in [-0.1, -0.05) is 18.2 Å². The van der Waals surface area contributed by atoms with Crippen LogP contribution in [0.2, 0.25) is 0 Å². The van der Waals surface area contributed by atoms with Crippen LogP contribution in [0.1, 0.15) is 18.9 Å². The number of rotatable bonds is 6. The summed E-state index contributed by atoms with van der Waals surface area (Å²) in [6, 6.07) is 7.64. The molecule has 0 spiro atoms. The predicted octanol–water partition coefficient (Wildman–Crippen LogP) is 1.38. The number of amides is 1. The van der Waals surface area contributed by atoms with Gasteiger partial charge in [0.15, 0.2) is 6.10 Å². The third-order valence-electron chi connectivity index (χ3n) is 4.07. The second-order valence-corrected chi connectivity index (χ2v) is 5.84. The Hall–Kier alpha value is -2.08. The Balaban J connectivity index is 1.82. The Morgan fingerprint density at radius 2 is 1.87 bits per heavy atom. The quantitative estimate of drug-likeness (QED) is 0.857. The number of benzene rings is 1. The van der Waals surface area contributed by atoms with Crippen molar-refractivity contribution in [3.05, 3.63) is 29.8 Å². The third kappa shape index (κ3) is 4.96. The number of aryl methyl sites for hydroxylation is 1. The summed E-state index contributed by atoms with van der Waals surface area (Å²) in [5.74, 6) is -0.0802. The van der Waals surface area contributed by atoms with E-state index in [1.54, 1.807) is 11.8 Å². The molecule has 1 saturated heterocycles. The minimum absolute atomic E-state index is 0.0221. The Labute approximate surface area is 136 Å². The topological polar surface area (TPSA) is 70.1 Å². The van der Waals surface area contributed by atoms with E-state index in [0.717, 1.165) is 11.3 Å². The van der Waals surface area contributed by atoms with Gasteiger partial charge < -0.3 is 14.7 Å². The summed E-state index contributed by atoms with van der Waals surface area (Å²) in [7, 11) is 0. The molecule has 1 atom stereocenters. The highest BCUT2D eigenvalue weighted by atomic mass is 16.5. The summed E-state index contributed by atoms with van der Waals surface area (Å²) < 4.78 is 5.78. The summed E-state index contributed by atoms with van der Waals surface area (Å²) in [6.07, 6.45) is -0.387. The first-order valence-corrected chi connectivity index (χ1v) is 7.92. The molecule has 0 aromatic heterocycles. The van der Waals surface area contributed by atoms with Crippen LogP contribution in [-0.4, -0.2) is 65.6 Å². The lowest BCUT2D eigenvalue weighted by atomic mass is 10.2.